The molecule has 3 aliphatic rings. The first-order chi connectivity index (χ1) is 14.6. The van der Waals surface area contributed by atoms with Crippen LogP contribution >= 0.6 is 0 Å². The molecule has 0 aromatic carbocycles. The first kappa shape index (κ1) is 23.9. The van der Waals surface area contributed by atoms with E-state index in [4.69, 9.17) is 4.74 Å². The summed E-state index contributed by atoms with van der Waals surface area (Å²) in [6, 6.07) is 2.30. The number of rotatable bonds is 3. The highest BCUT2D eigenvalue weighted by Crippen LogP contribution is 2.20. The van der Waals surface area contributed by atoms with Crippen LogP contribution in [-0.2, 0) is 9.53 Å². The lowest BCUT2D eigenvalue weighted by Gasteiger charge is -2.35. The van der Waals surface area contributed by atoms with Crippen molar-refractivity contribution in [3.8, 4) is 0 Å². The molecule has 0 aromatic heterocycles. The third kappa shape index (κ3) is 7.75. The van der Waals surface area contributed by atoms with Gasteiger partial charge in [0.1, 0.15) is 6.61 Å². The summed E-state index contributed by atoms with van der Waals surface area (Å²) >= 11 is 0. The zero-order valence-electron chi connectivity index (χ0n) is 19.2. The molecule has 0 unspecified atom stereocenters. The second-order valence-corrected chi connectivity index (χ2v) is 9.70. The summed E-state index contributed by atoms with van der Waals surface area (Å²) in [6.07, 6.45) is 10.2. The minimum atomic E-state index is -0.112. The number of carbonyl (C=O) groups excluding carboxylic acids is 1. The summed E-state index contributed by atoms with van der Waals surface area (Å²) in [5.74, 6) is -0.191. The standard InChI is InChI=1S/C23H45N5O2/c1-17(2)23(29)30-16-18-15-28-22-10-6-5-9-21(22)27-14-13-26-20-8-4-3-7-19(20)25-12-11-24-18/h17-22,24-28H,3-16H2,1-2H3/t18-,19+,20+,21+,22+/m0/s1. The van der Waals surface area contributed by atoms with Gasteiger partial charge in [0.05, 0.1) is 12.0 Å². The van der Waals surface area contributed by atoms with Gasteiger partial charge < -0.3 is 31.3 Å². The molecule has 1 aliphatic heterocycles. The Bertz CT molecular complexity index is 504. The summed E-state index contributed by atoms with van der Waals surface area (Å²) in [5, 5.41) is 18.8. The van der Waals surface area contributed by atoms with Crippen LogP contribution in [0.25, 0.3) is 0 Å². The van der Waals surface area contributed by atoms with Crippen LogP contribution in [0.2, 0.25) is 0 Å². The number of fused-ring (bicyclic) bond motifs is 2. The fraction of sp³-hybridized carbons (Fsp3) is 0.957. The van der Waals surface area contributed by atoms with Crippen molar-refractivity contribution < 1.29 is 9.53 Å². The maximum absolute atomic E-state index is 12.0. The van der Waals surface area contributed by atoms with E-state index in [-0.39, 0.29) is 17.9 Å². The normalized spacial score (nSPS) is 34.8. The first-order valence-electron chi connectivity index (χ1n) is 12.5. The Balaban J connectivity index is 1.59. The SMILES string of the molecule is CC(C)C(=O)OC[C@@H]1CN[C@@H]2CCCC[C@H]2NCCN[C@@H]2CCCC[C@H]2NCCN1. The first-order valence-corrected chi connectivity index (χ1v) is 12.5. The Morgan fingerprint density at radius 1 is 0.733 bits per heavy atom. The molecule has 30 heavy (non-hydrogen) atoms. The van der Waals surface area contributed by atoms with Crippen LogP contribution in [0, 0.1) is 5.92 Å². The summed E-state index contributed by atoms with van der Waals surface area (Å²) in [7, 11) is 0. The van der Waals surface area contributed by atoms with Crippen molar-refractivity contribution in [3.63, 3.8) is 0 Å². The van der Waals surface area contributed by atoms with Gasteiger partial charge in [0, 0.05) is 56.9 Å². The molecule has 0 aromatic rings. The topological polar surface area (TPSA) is 86.5 Å². The average Bonchev–Trinajstić information content (AvgIpc) is 2.76. The highest BCUT2D eigenvalue weighted by atomic mass is 16.5. The zero-order valence-corrected chi connectivity index (χ0v) is 19.2. The summed E-state index contributed by atoms with van der Waals surface area (Å²) in [5.41, 5.74) is 0. The van der Waals surface area contributed by atoms with E-state index in [1.807, 2.05) is 13.8 Å². The van der Waals surface area contributed by atoms with Crippen molar-refractivity contribution in [2.24, 2.45) is 5.92 Å². The van der Waals surface area contributed by atoms with E-state index in [1.165, 1.54) is 51.4 Å². The number of ether oxygens (including phenoxy) is 1. The highest BCUT2D eigenvalue weighted by Gasteiger charge is 2.27. The predicted octanol–water partition coefficient (Wildman–Crippen LogP) is 1.14. The minimum absolute atomic E-state index is 0.0791. The third-order valence-electron chi connectivity index (χ3n) is 6.96. The van der Waals surface area contributed by atoms with Crippen molar-refractivity contribution in [3.05, 3.63) is 0 Å². The van der Waals surface area contributed by atoms with Crippen molar-refractivity contribution in [1.29, 1.82) is 0 Å². The highest BCUT2D eigenvalue weighted by molar-refractivity contribution is 5.71. The molecule has 0 amide bonds. The van der Waals surface area contributed by atoms with Gasteiger partial charge in [-0.25, -0.2) is 0 Å². The lowest BCUT2D eigenvalue weighted by Crippen LogP contribution is -2.54. The van der Waals surface area contributed by atoms with Gasteiger partial charge in [-0.2, -0.15) is 0 Å². The fourth-order valence-corrected chi connectivity index (χ4v) is 5.12. The Morgan fingerprint density at radius 2 is 1.17 bits per heavy atom. The molecule has 3 fully saturated rings. The van der Waals surface area contributed by atoms with Gasteiger partial charge in [-0.05, 0) is 25.7 Å². The Morgan fingerprint density at radius 3 is 1.63 bits per heavy atom. The number of hydrogen-bond donors (Lipinski definition) is 5. The quantitative estimate of drug-likeness (QED) is 0.435. The maximum Gasteiger partial charge on any atom is 0.308 e. The second kappa shape index (κ2) is 13.0. The van der Waals surface area contributed by atoms with Crippen LogP contribution in [-0.4, -0.2) is 75.5 Å². The van der Waals surface area contributed by atoms with Crippen LogP contribution in [0.4, 0.5) is 0 Å². The van der Waals surface area contributed by atoms with E-state index in [9.17, 15) is 4.79 Å². The Kier molecular flexibility index (Phi) is 10.3. The second-order valence-electron chi connectivity index (χ2n) is 9.70. The van der Waals surface area contributed by atoms with Crippen LogP contribution in [0.1, 0.15) is 65.2 Å². The van der Waals surface area contributed by atoms with Gasteiger partial charge >= 0.3 is 5.97 Å². The summed E-state index contributed by atoms with van der Waals surface area (Å²) < 4.78 is 5.57. The Hall–Kier alpha value is -0.730. The molecule has 1 saturated heterocycles. The molecule has 174 valence electrons. The van der Waals surface area contributed by atoms with E-state index in [0.717, 1.165) is 32.7 Å². The van der Waals surface area contributed by atoms with Gasteiger partial charge in [0.15, 0.2) is 0 Å². The van der Waals surface area contributed by atoms with Gasteiger partial charge in [0.2, 0.25) is 0 Å². The predicted molar refractivity (Wildman–Crippen MR) is 122 cm³/mol. The molecular weight excluding hydrogens is 378 g/mol. The smallest absolute Gasteiger partial charge is 0.308 e. The molecule has 0 spiro atoms. The lowest BCUT2D eigenvalue weighted by atomic mass is 9.89. The number of hydrogen-bond acceptors (Lipinski definition) is 7. The molecule has 5 N–H and O–H groups in total. The van der Waals surface area contributed by atoms with Crippen LogP contribution in [0.3, 0.4) is 0 Å². The largest absolute Gasteiger partial charge is 0.464 e. The zero-order chi connectivity index (χ0) is 21.2. The van der Waals surface area contributed by atoms with Crippen molar-refractivity contribution >= 4 is 5.97 Å². The monoisotopic (exact) mass is 423 g/mol. The molecule has 0 bridgehead atoms. The van der Waals surface area contributed by atoms with E-state index in [0.29, 0.717) is 30.8 Å². The van der Waals surface area contributed by atoms with E-state index < -0.39 is 0 Å². The molecule has 0 radical (unpaired) electrons. The van der Waals surface area contributed by atoms with Crippen molar-refractivity contribution in [2.45, 2.75) is 95.4 Å². The van der Waals surface area contributed by atoms with E-state index in [2.05, 4.69) is 26.6 Å². The molecule has 1 heterocycles. The fourth-order valence-electron chi connectivity index (χ4n) is 5.12. The van der Waals surface area contributed by atoms with E-state index >= 15 is 0 Å². The molecule has 7 nitrogen and oxygen atoms in total. The maximum atomic E-state index is 12.0. The summed E-state index contributed by atoms with van der Waals surface area (Å²) in [4.78, 5) is 12.0. The lowest BCUT2D eigenvalue weighted by molar-refractivity contribution is -0.148. The molecule has 2 aliphatic carbocycles. The molecule has 5 atom stereocenters. The number of esters is 1. The van der Waals surface area contributed by atoms with Gasteiger partial charge in [-0.3, -0.25) is 4.79 Å². The molecule has 2 saturated carbocycles. The summed E-state index contributed by atoms with van der Waals surface area (Å²) in [6.45, 7) is 8.95. The average molecular weight is 424 g/mol. The molecule has 3 rings (SSSR count). The van der Waals surface area contributed by atoms with Gasteiger partial charge in [-0.15, -0.1) is 0 Å². The van der Waals surface area contributed by atoms with Crippen molar-refractivity contribution in [2.75, 3.05) is 39.3 Å². The number of carbonyl (C=O) groups is 1. The third-order valence-corrected chi connectivity index (χ3v) is 6.96. The van der Waals surface area contributed by atoms with Crippen LogP contribution < -0.4 is 26.6 Å². The molecule has 7 heteroatoms. The van der Waals surface area contributed by atoms with Crippen LogP contribution in [0.5, 0.6) is 0 Å². The van der Waals surface area contributed by atoms with Gasteiger partial charge in [-0.1, -0.05) is 39.5 Å². The van der Waals surface area contributed by atoms with Crippen LogP contribution in [0.15, 0.2) is 0 Å². The Labute approximate surface area is 183 Å². The van der Waals surface area contributed by atoms with E-state index in [1.54, 1.807) is 0 Å². The van der Waals surface area contributed by atoms with Gasteiger partial charge in [0.25, 0.3) is 0 Å². The van der Waals surface area contributed by atoms with Crippen molar-refractivity contribution in [1.82, 2.24) is 26.6 Å². The molecular formula is C23H45N5O2. The minimum Gasteiger partial charge on any atom is -0.464 e. The number of nitrogens with one attached hydrogen (secondary N) is 5.